The van der Waals surface area contributed by atoms with Gasteiger partial charge < -0.3 is 9.72 Å². The van der Waals surface area contributed by atoms with Gasteiger partial charge in [-0.15, -0.1) is 0 Å². The average molecular weight is 482 g/mol. The zero-order valence-corrected chi connectivity index (χ0v) is 19.4. The summed E-state index contributed by atoms with van der Waals surface area (Å²) in [6, 6.07) is 20.7. The van der Waals surface area contributed by atoms with Gasteiger partial charge in [-0.05, 0) is 35.9 Å². The molecule has 2 aromatic carbocycles. The van der Waals surface area contributed by atoms with E-state index in [2.05, 4.69) is 25.6 Å². The van der Waals surface area contributed by atoms with Gasteiger partial charge in [0.2, 0.25) is 5.96 Å². The fraction of sp³-hybridized carbons (Fsp3) is 0.0741. The first-order chi connectivity index (χ1) is 17.5. The number of rotatable bonds is 6. The topological polar surface area (TPSA) is 126 Å². The minimum atomic E-state index is -0.644. The number of nitrogens with one attached hydrogen (secondary N) is 3. The second-order valence-electron chi connectivity index (χ2n) is 7.67. The summed E-state index contributed by atoms with van der Waals surface area (Å²) < 4.78 is 4.90. The number of carbonyl (C=O) groups excluding carboxylic acids is 3. The Hall–Kier alpha value is -5.05. The highest BCUT2D eigenvalue weighted by Gasteiger charge is 2.21. The van der Waals surface area contributed by atoms with Gasteiger partial charge in [0.05, 0.1) is 7.11 Å². The molecular formula is C27H23N5O4. The molecule has 0 saturated carbocycles. The highest BCUT2D eigenvalue weighted by molar-refractivity contribution is 6.13. The highest BCUT2D eigenvalue weighted by Crippen LogP contribution is 2.27. The second-order valence-corrected chi connectivity index (χ2v) is 7.67. The number of aromatic amines is 1. The van der Waals surface area contributed by atoms with Crippen LogP contribution in [-0.2, 0) is 11.2 Å². The molecule has 3 N–H and O–H groups in total. The Morgan fingerprint density at radius 1 is 0.889 bits per heavy atom. The number of aliphatic imine (C=N–C) groups is 1. The van der Waals surface area contributed by atoms with Gasteiger partial charge in [0.15, 0.2) is 5.69 Å². The molecule has 0 radical (unpaired) electrons. The van der Waals surface area contributed by atoms with Crippen LogP contribution in [0.3, 0.4) is 0 Å². The predicted molar refractivity (Wildman–Crippen MR) is 134 cm³/mol. The third-order valence-corrected chi connectivity index (χ3v) is 5.20. The van der Waals surface area contributed by atoms with E-state index in [9.17, 15) is 14.4 Å². The van der Waals surface area contributed by atoms with E-state index in [1.807, 2.05) is 6.07 Å². The monoisotopic (exact) mass is 481 g/mol. The van der Waals surface area contributed by atoms with Gasteiger partial charge in [0.25, 0.3) is 11.8 Å². The lowest BCUT2D eigenvalue weighted by Gasteiger charge is -2.12. The number of nitrogens with zero attached hydrogens (tertiary/aromatic N) is 2. The number of hydrogen-bond donors (Lipinski definition) is 3. The van der Waals surface area contributed by atoms with Gasteiger partial charge in [-0.3, -0.25) is 25.2 Å². The van der Waals surface area contributed by atoms with Crippen LogP contribution in [0.2, 0.25) is 0 Å². The summed E-state index contributed by atoms with van der Waals surface area (Å²) in [5, 5.41) is 5.30. The molecule has 2 heterocycles. The largest absolute Gasteiger partial charge is 0.464 e. The van der Waals surface area contributed by atoms with Crippen LogP contribution in [0, 0.1) is 0 Å². The zero-order chi connectivity index (χ0) is 25.3. The first kappa shape index (κ1) is 24.1. The summed E-state index contributed by atoms with van der Waals surface area (Å²) in [5.74, 6) is -1.75. The first-order valence-electron chi connectivity index (χ1n) is 11.0. The summed E-state index contributed by atoms with van der Waals surface area (Å²) >= 11 is 0. The van der Waals surface area contributed by atoms with E-state index >= 15 is 0 Å². The number of aromatic nitrogens is 2. The summed E-state index contributed by atoms with van der Waals surface area (Å²) in [6.07, 6.45) is 5.39. The van der Waals surface area contributed by atoms with Crippen molar-refractivity contribution in [2.45, 2.75) is 6.42 Å². The minimum Gasteiger partial charge on any atom is -0.464 e. The summed E-state index contributed by atoms with van der Waals surface area (Å²) in [5.41, 5.74) is 2.57. The quantitative estimate of drug-likeness (QED) is 0.220. The van der Waals surface area contributed by atoms with Gasteiger partial charge >= 0.3 is 5.97 Å². The fourth-order valence-corrected chi connectivity index (χ4v) is 3.44. The van der Waals surface area contributed by atoms with E-state index in [1.54, 1.807) is 85.3 Å². The molecule has 0 saturated heterocycles. The van der Waals surface area contributed by atoms with Crippen molar-refractivity contribution in [1.82, 2.24) is 20.6 Å². The van der Waals surface area contributed by atoms with Crippen LogP contribution in [-0.4, -0.2) is 40.8 Å². The number of hydrogen-bond acceptors (Lipinski definition) is 6. The molecule has 0 aliphatic rings. The number of amides is 2. The second kappa shape index (κ2) is 11.4. The Labute approximate surface area is 207 Å². The highest BCUT2D eigenvalue weighted by atomic mass is 16.5. The molecule has 180 valence electrons. The first-order valence-corrected chi connectivity index (χ1v) is 11.0. The third-order valence-electron chi connectivity index (χ3n) is 5.20. The smallest absolute Gasteiger partial charge is 0.356 e. The van der Waals surface area contributed by atoms with Crippen molar-refractivity contribution in [3.63, 3.8) is 0 Å². The molecule has 4 aromatic rings. The number of carbonyl (C=O) groups is 3. The van der Waals surface area contributed by atoms with Gasteiger partial charge in [-0.25, -0.2) is 9.79 Å². The summed E-state index contributed by atoms with van der Waals surface area (Å²) in [6.45, 7) is 0. The van der Waals surface area contributed by atoms with Crippen LogP contribution in [0.25, 0.3) is 0 Å². The van der Waals surface area contributed by atoms with Crippen molar-refractivity contribution in [2.24, 2.45) is 4.99 Å². The van der Waals surface area contributed by atoms with Crippen LogP contribution in [0.4, 0.5) is 5.69 Å². The Kier molecular flexibility index (Phi) is 7.62. The Morgan fingerprint density at radius 2 is 1.50 bits per heavy atom. The number of guanidine groups is 1. The standard InChI is InChI=1S/C27H23N5O4/c1-36-26(35)23-22(21(17-29-23)15-18-9-8-14-28-16-18)30-27(31-24(33)19-10-4-2-5-11-19)32-25(34)20-12-6-3-7-13-20/h2-14,16-17,29H,15H2,1H3,(H2,30,31,32,33,34). The molecule has 9 heteroatoms. The molecule has 4 rings (SSSR count). The Bertz CT molecular complexity index is 1330. The lowest BCUT2D eigenvalue weighted by molar-refractivity contribution is 0.0595. The van der Waals surface area contributed by atoms with E-state index < -0.39 is 17.8 Å². The van der Waals surface area contributed by atoms with Crippen LogP contribution in [0.5, 0.6) is 0 Å². The third kappa shape index (κ3) is 5.89. The van der Waals surface area contributed by atoms with Crippen LogP contribution in [0.15, 0.2) is 96.4 Å². The van der Waals surface area contributed by atoms with Crippen molar-refractivity contribution in [1.29, 1.82) is 0 Å². The molecule has 9 nitrogen and oxygen atoms in total. The van der Waals surface area contributed by atoms with E-state index in [1.165, 1.54) is 7.11 Å². The molecule has 2 amide bonds. The molecule has 0 unspecified atom stereocenters. The summed E-state index contributed by atoms with van der Waals surface area (Å²) in [7, 11) is 1.26. The van der Waals surface area contributed by atoms with E-state index in [0.717, 1.165) is 5.56 Å². The predicted octanol–water partition coefficient (Wildman–Crippen LogP) is 3.63. The number of ether oxygens (including phenoxy) is 1. The lowest BCUT2D eigenvalue weighted by Crippen LogP contribution is -2.43. The lowest BCUT2D eigenvalue weighted by atomic mass is 10.1. The van der Waals surface area contributed by atoms with Crippen molar-refractivity contribution in [3.05, 3.63) is 119 Å². The number of esters is 1. The van der Waals surface area contributed by atoms with Crippen LogP contribution in [0.1, 0.15) is 42.3 Å². The van der Waals surface area contributed by atoms with Crippen molar-refractivity contribution >= 4 is 29.4 Å². The molecule has 0 spiro atoms. The maximum Gasteiger partial charge on any atom is 0.356 e. The maximum atomic E-state index is 12.9. The molecule has 0 aliphatic heterocycles. The van der Waals surface area contributed by atoms with E-state index in [-0.39, 0.29) is 17.3 Å². The van der Waals surface area contributed by atoms with Gasteiger partial charge in [-0.2, -0.15) is 0 Å². The SMILES string of the molecule is COC(=O)c1[nH]cc(Cc2cccnc2)c1N=C(NC(=O)c1ccccc1)NC(=O)c1ccccc1. The molecular weight excluding hydrogens is 458 g/mol. The van der Waals surface area contributed by atoms with Crippen molar-refractivity contribution < 1.29 is 19.1 Å². The molecule has 0 atom stereocenters. The zero-order valence-electron chi connectivity index (χ0n) is 19.4. The summed E-state index contributed by atoms with van der Waals surface area (Å²) in [4.78, 5) is 49.8. The Balaban J connectivity index is 1.74. The van der Waals surface area contributed by atoms with Gasteiger partial charge in [-0.1, -0.05) is 42.5 Å². The average Bonchev–Trinajstić information content (AvgIpc) is 3.31. The number of methoxy groups -OCH3 is 1. The van der Waals surface area contributed by atoms with Gasteiger partial charge in [0.1, 0.15) is 5.69 Å². The molecule has 0 bridgehead atoms. The molecule has 0 fully saturated rings. The maximum absolute atomic E-state index is 12.9. The van der Waals surface area contributed by atoms with Gasteiger partial charge in [0, 0.05) is 41.7 Å². The van der Waals surface area contributed by atoms with Crippen molar-refractivity contribution in [3.8, 4) is 0 Å². The molecule has 0 aliphatic carbocycles. The Morgan fingerprint density at radius 3 is 2.03 bits per heavy atom. The van der Waals surface area contributed by atoms with Crippen LogP contribution >= 0.6 is 0 Å². The van der Waals surface area contributed by atoms with E-state index in [0.29, 0.717) is 23.1 Å². The number of pyridine rings is 1. The van der Waals surface area contributed by atoms with E-state index in [4.69, 9.17) is 4.74 Å². The minimum absolute atomic E-state index is 0.0804. The molecule has 36 heavy (non-hydrogen) atoms. The fourth-order valence-electron chi connectivity index (χ4n) is 3.44. The van der Waals surface area contributed by atoms with Crippen molar-refractivity contribution in [2.75, 3.05) is 7.11 Å². The van der Waals surface area contributed by atoms with Crippen LogP contribution < -0.4 is 10.6 Å². The number of benzene rings is 2. The normalized spacial score (nSPS) is 10.2. The molecule has 2 aromatic heterocycles. The number of H-pyrrole nitrogens is 1.